The maximum absolute atomic E-state index is 12.5. The molecule has 0 aromatic carbocycles. The molecule has 1 N–H and O–H groups in total. The number of carboxylic acids is 1. The minimum Gasteiger partial charge on any atom is -0.478 e. The van der Waals surface area contributed by atoms with E-state index in [1.54, 1.807) is 0 Å². The number of fused-ring (bicyclic) bond motifs is 2. The van der Waals surface area contributed by atoms with Gasteiger partial charge in [-0.15, -0.1) is 0 Å². The molecular formula is C29H50O4. The van der Waals surface area contributed by atoms with Crippen LogP contribution >= 0.6 is 0 Å². The van der Waals surface area contributed by atoms with Gasteiger partial charge >= 0.3 is 11.9 Å². The smallest absolute Gasteiger partial charge is 0.333 e. The zero-order valence-corrected chi connectivity index (χ0v) is 22.1. The molecular weight excluding hydrogens is 412 g/mol. The molecule has 0 aliphatic heterocycles. The van der Waals surface area contributed by atoms with Crippen LogP contribution in [0.25, 0.3) is 0 Å². The third-order valence-electron chi connectivity index (χ3n) is 8.45. The summed E-state index contributed by atoms with van der Waals surface area (Å²) in [5.74, 6) is -0.369. The van der Waals surface area contributed by atoms with Gasteiger partial charge in [0.1, 0.15) is 6.10 Å². The fourth-order valence-corrected chi connectivity index (χ4v) is 5.45. The monoisotopic (exact) mass is 462 g/mol. The van der Waals surface area contributed by atoms with E-state index >= 15 is 0 Å². The van der Waals surface area contributed by atoms with Crippen molar-refractivity contribution in [1.82, 2.24) is 0 Å². The van der Waals surface area contributed by atoms with Crippen molar-refractivity contribution in [2.24, 2.45) is 16.7 Å². The third-order valence-corrected chi connectivity index (χ3v) is 8.45. The summed E-state index contributed by atoms with van der Waals surface area (Å²) >= 11 is 0. The summed E-state index contributed by atoms with van der Waals surface area (Å²) in [5.41, 5.74) is 1.29. The number of hydrogen-bond donors (Lipinski definition) is 1. The molecule has 2 saturated carbocycles. The van der Waals surface area contributed by atoms with E-state index in [1.165, 1.54) is 77.6 Å². The lowest BCUT2D eigenvalue weighted by atomic mass is 9.70. The number of carbonyl (C=O) groups excluding carboxylic acids is 1. The van der Waals surface area contributed by atoms with E-state index in [4.69, 9.17) is 9.84 Å². The third kappa shape index (κ3) is 8.61. The lowest BCUT2D eigenvalue weighted by Crippen LogP contribution is -2.38. The quantitative estimate of drug-likeness (QED) is 0.160. The zero-order valence-electron chi connectivity index (χ0n) is 22.1. The summed E-state index contributed by atoms with van der Waals surface area (Å²) < 4.78 is 5.95. The maximum Gasteiger partial charge on any atom is 0.333 e. The Morgan fingerprint density at radius 2 is 1.42 bits per heavy atom. The first kappa shape index (κ1) is 29.5. The van der Waals surface area contributed by atoms with Gasteiger partial charge in [0, 0.05) is 16.6 Å². The summed E-state index contributed by atoms with van der Waals surface area (Å²) in [4.78, 5) is 22.1. The number of carbonyl (C=O) groups is 2. The van der Waals surface area contributed by atoms with Crippen LogP contribution in [-0.2, 0) is 14.3 Å². The van der Waals surface area contributed by atoms with Gasteiger partial charge in [0.15, 0.2) is 0 Å². The molecule has 0 aromatic heterocycles. The molecule has 0 aromatic rings. The number of rotatable bonds is 14. The van der Waals surface area contributed by atoms with E-state index in [9.17, 15) is 9.59 Å². The van der Waals surface area contributed by atoms with Crippen molar-refractivity contribution in [3.63, 3.8) is 0 Å². The molecule has 33 heavy (non-hydrogen) atoms. The van der Waals surface area contributed by atoms with Gasteiger partial charge in [-0.25, -0.2) is 9.59 Å². The van der Waals surface area contributed by atoms with Crippen molar-refractivity contribution in [2.75, 3.05) is 0 Å². The van der Waals surface area contributed by atoms with E-state index in [1.807, 2.05) is 0 Å². The standard InChI is InChI=1S/C25H44O2.C4H6O2/c1-6-7-8-9-10-11-12-13-14-15-16-20(2)23(26)27-22-19-21-17-18-25(22,5)24(21,3)4;1-3(2)4(5)6/h21-22H,2,6-19H2,1,3-5H3;1H2,2H3,(H,5,6)/t21-,22?,25-;/m1./s1. The number of ether oxygens (including phenoxy) is 1. The van der Waals surface area contributed by atoms with Crippen LogP contribution in [-0.4, -0.2) is 23.1 Å². The Bertz CT molecular complexity index is 651. The highest BCUT2D eigenvalue weighted by atomic mass is 16.5. The van der Waals surface area contributed by atoms with Crippen molar-refractivity contribution in [2.45, 2.75) is 131 Å². The van der Waals surface area contributed by atoms with E-state index in [2.05, 4.69) is 40.9 Å². The lowest BCUT2D eigenvalue weighted by Gasteiger charge is -2.38. The molecule has 0 saturated heterocycles. The number of unbranched alkanes of at least 4 members (excludes halogenated alkanes) is 9. The highest BCUT2D eigenvalue weighted by molar-refractivity contribution is 5.87. The molecule has 2 rings (SSSR count). The zero-order chi connectivity index (χ0) is 25.1. The Labute approximate surface area is 203 Å². The number of carboxylic acid groups (broad SMARTS) is 1. The van der Waals surface area contributed by atoms with E-state index < -0.39 is 5.97 Å². The Kier molecular flexibility index (Phi) is 12.5. The molecule has 2 fully saturated rings. The van der Waals surface area contributed by atoms with Crippen LogP contribution in [0.15, 0.2) is 24.3 Å². The van der Waals surface area contributed by atoms with Gasteiger partial charge in [-0.3, -0.25) is 0 Å². The summed E-state index contributed by atoms with van der Waals surface area (Å²) in [5, 5.41) is 7.89. The maximum atomic E-state index is 12.5. The predicted molar refractivity (Wildman–Crippen MR) is 137 cm³/mol. The van der Waals surface area contributed by atoms with Crippen LogP contribution in [0.1, 0.15) is 125 Å². The summed E-state index contributed by atoms with van der Waals surface area (Å²) in [6.45, 7) is 17.9. The molecule has 0 amide bonds. The largest absolute Gasteiger partial charge is 0.478 e. The molecule has 2 aliphatic rings. The molecule has 190 valence electrons. The summed E-state index contributed by atoms with van der Waals surface area (Å²) in [7, 11) is 0. The Hall–Kier alpha value is -1.58. The van der Waals surface area contributed by atoms with Crippen LogP contribution < -0.4 is 0 Å². The fourth-order valence-electron chi connectivity index (χ4n) is 5.45. The Morgan fingerprint density at radius 3 is 1.82 bits per heavy atom. The fraction of sp³-hybridized carbons (Fsp3) is 0.793. The van der Waals surface area contributed by atoms with Crippen LogP contribution in [0, 0.1) is 16.7 Å². The summed E-state index contributed by atoms with van der Waals surface area (Å²) in [6, 6.07) is 0. The van der Waals surface area contributed by atoms with Gasteiger partial charge < -0.3 is 9.84 Å². The van der Waals surface area contributed by atoms with Crippen LogP contribution in [0.2, 0.25) is 0 Å². The van der Waals surface area contributed by atoms with Gasteiger partial charge in [0.05, 0.1) is 0 Å². The molecule has 0 spiro atoms. The van der Waals surface area contributed by atoms with Crippen molar-refractivity contribution < 1.29 is 19.4 Å². The molecule has 4 heteroatoms. The van der Waals surface area contributed by atoms with Gasteiger partial charge in [-0.1, -0.05) is 98.6 Å². The average molecular weight is 463 g/mol. The van der Waals surface area contributed by atoms with E-state index in [-0.39, 0.29) is 28.5 Å². The van der Waals surface area contributed by atoms with Crippen molar-refractivity contribution in [3.05, 3.63) is 24.3 Å². The average Bonchev–Trinajstić information content (AvgIpc) is 3.08. The van der Waals surface area contributed by atoms with Crippen LogP contribution in [0.4, 0.5) is 0 Å². The van der Waals surface area contributed by atoms with Gasteiger partial charge in [0.2, 0.25) is 0 Å². The predicted octanol–water partition coefficient (Wildman–Crippen LogP) is 8.26. The molecule has 4 nitrogen and oxygen atoms in total. The number of esters is 1. The van der Waals surface area contributed by atoms with E-state index in [0.717, 1.165) is 19.3 Å². The van der Waals surface area contributed by atoms with Gasteiger partial charge in [-0.2, -0.15) is 0 Å². The molecule has 1 unspecified atom stereocenters. The second kappa shape index (κ2) is 14.0. The second-order valence-corrected chi connectivity index (χ2v) is 11.1. The first-order valence-electron chi connectivity index (χ1n) is 13.2. The topological polar surface area (TPSA) is 63.6 Å². The molecule has 2 aliphatic carbocycles. The molecule has 0 radical (unpaired) electrons. The van der Waals surface area contributed by atoms with Crippen molar-refractivity contribution in [1.29, 1.82) is 0 Å². The normalized spacial score (nSPS) is 24.6. The van der Waals surface area contributed by atoms with Crippen molar-refractivity contribution in [3.8, 4) is 0 Å². The summed E-state index contributed by atoms with van der Waals surface area (Å²) in [6.07, 6.45) is 17.6. The molecule has 0 heterocycles. The highest BCUT2D eigenvalue weighted by Gasteiger charge is 2.62. The first-order chi connectivity index (χ1) is 15.5. The minimum absolute atomic E-state index is 0.0863. The Balaban J connectivity index is 0.000000801. The molecule has 2 bridgehead atoms. The van der Waals surface area contributed by atoms with Gasteiger partial charge in [-0.05, 0) is 50.4 Å². The minimum atomic E-state index is -0.935. The van der Waals surface area contributed by atoms with E-state index in [0.29, 0.717) is 11.5 Å². The van der Waals surface area contributed by atoms with Crippen LogP contribution in [0.3, 0.4) is 0 Å². The number of aliphatic carboxylic acids is 1. The number of hydrogen-bond acceptors (Lipinski definition) is 3. The SMILES string of the molecule is C=C(C)C(=O)O.C=C(CCCCCCCCCCCC)C(=O)OC1C[C@H]2CC[C@@]1(C)C2(C)C. The first-order valence-corrected chi connectivity index (χ1v) is 13.2. The second-order valence-electron chi connectivity index (χ2n) is 11.1. The van der Waals surface area contributed by atoms with Gasteiger partial charge in [0.25, 0.3) is 0 Å². The highest BCUT2D eigenvalue weighted by Crippen LogP contribution is 2.66. The Morgan fingerprint density at radius 1 is 0.939 bits per heavy atom. The molecule has 3 atom stereocenters. The van der Waals surface area contributed by atoms with Crippen molar-refractivity contribution >= 4 is 11.9 Å². The lowest BCUT2D eigenvalue weighted by molar-refractivity contribution is -0.152. The van der Waals surface area contributed by atoms with Crippen LogP contribution in [0.5, 0.6) is 0 Å².